The van der Waals surface area contributed by atoms with Gasteiger partial charge in [-0.15, -0.1) is 10.2 Å². The van der Waals surface area contributed by atoms with Gasteiger partial charge in [0.25, 0.3) is 9.05 Å². The molecule has 3 aromatic rings. The number of hydrogen-bond donors (Lipinski definition) is 0. The lowest BCUT2D eigenvalue weighted by Gasteiger charge is -2.07. The Hall–Kier alpha value is -2.38. The van der Waals surface area contributed by atoms with Crippen molar-refractivity contribution in [1.29, 1.82) is 0 Å². The van der Waals surface area contributed by atoms with Crippen molar-refractivity contribution in [3.63, 3.8) is 0 Å². The molecule has 0 fully saturated rings. The minimum absolute atomic E-state index is 0.0319. The first kappa shape index (κ1) is 14.6. The van der Waals surface area contributed by atoms with Crippen LogP contribution in [-0.2, 0) is 9.05 Å². The number of hydrogen-bond acceptors (Lipinski definition) is 5. The van der Waals surface area contributed by atoms with Gasteiger partial charge in [-0.25, -0.2) is 8.42 Å². The van der Waals surface area contributed by atoms with Crippen LogP contribution in [0.25, 0.3) is 5.69 Å². The van der Waals surface area contributed by atoms with E-state index in [1.54, 1.807) is 41.5 Å². The van der Waals surface area contributed by atoms with Gasteiger partial charge in [0.2, 0.25) is 0 Å². The lowest BCUT2D eigenvalue weighted by atomic mass is 10.3. The van der Waals surface area contributed by atoms with Crippen molar-refractivity contribution in [1.82, 2.24) is 14.8 Å². The second kappa shape index (κ2) is 5.78. The van der Waals surface area contributed by atoms with Gasteiger partial charge in [0, 0.05) is 16.4 Å². The molecule has 0 atom stereocenters. The first-order valence-corrected chi connectivity index (χ1v) is 8.51. The predicted octanol–water partition coefficient (Wildman–Crippen LogP) is 2.99. The molecule has 0 saturated heterocycles. The van der Waals surface area contributed by atoms with Gasteiger partial charge in [0.05, 0.1) is 4.90 Å². The SMILES string of the molecule is O=S(=O)(Cl)c1ccc(Oc2ccc(-n3cnnc3)cc2)cc1. The molecule has 0 spiro atoms. The Kier molecular flexibility index (Phi) is 3.82. The molecule has 0 unspecified atom stereocenters. The lowest BCUT2D eigenvalue weighted by molar-refractivity contribution is 0.482. The molecule has 0 amide bonds. The van der Waals surface area contributed by atoms with Crippen LogP contribution in [-0.4, -0.2) is 23.2 Å². The van der Waals surface area contributed by atoms with Crippen LogP contribution < -0.4 is 4.74 Å². The highest BCUT2D eigenvalue weighted by Gasteiger charge is 2.09. The molecule has 0 radical (unpaired) electrons. The van der Waals surface area contributed by atoms with Crippen molar-refractivity contribution in [2.24, 2.45) is 0 Å². The fourth-order valence-electron chi connectivity index (χ4n) is 1.83. The molecule has 0 aliphatic heterocycles. The molecule has 0 bridgehead atoms. The van der Waals surface area contributed by atoms with E-state index in [2.05, 4.69) is 10.2 Å². The summed E-state index contributed by atoms with van der Waals surface area (Å²) in [5, 5.41) is 7.48. The molecule has 8 heteroatoms. The zero-order valence-corrected chi connectivity index (χ0v) is 12.7. The number of halogens is 1. The summed E-state index contributed by atoms with van der Waals surface area (Å²) in [6.07, 6.45) is 3.20. The maximum absolute atomic E-state index is 11.2. The Bertz CT molecular complexity index is 861. The minimum atomic E-state index is -3.72. The van der Waals surface area contributed by atoms with E-state index in [9.17, 15) is 8.42 Å². The standard InChI is InChI=1S/C14H10ClN3O3S/c15-22(19,20)14-7-5-13(6-8-14)21-12-3-1-11(2-4-12)18-9-16-17-10-18/h1-10H. The van der Waals surface area contributed by atoms with Gasteiger partial charge >= 0.3 is 0 Å². The van der Waals surface area contributed by atoms with Crippen molar-refractivity contribution in [3.8, 4) is 17.2 Å². The van der Waals surface area contributed by atoms with E-state index in [1.807, 2.05) is 12.1 Å². The van der Waals surface area contributed by atoms with Crippen molar-refractivity contribution in [2.45, 2.75) is 4.90 Å². The zero-order valence-electron chi connectivity index (χ0n) is 11.1. The van der Waals surface area contributed by atoms with Crippen molar-refractivity contribution in [3.05, 3.63) is 61.2 Å². The molecule has 3 rings (SSSR count). The zero-order chi connectivity index (χ0) is 15.6. The van der Waals surface area contributed by atoms with Crippen LogP contribution in [0.1, 0.15) is 0 Å². The van der Waals surface area contributed by atoms with Crippen LogP contribution in [0.4, 0.5) is 0 Å². The summed E-state index contributed by atoms with van der Waals surface area (Å²) in [5.41, 5.74) is 0.904. The summed E-state index contributed by atoms with van der Waals surface area (Å²) in [5.74, 6) is 1.14. The molecular formula is C14H10ClN3O3S. The molecule has 0 aliphatic rings. The fourth-order valence-corrected chi connectivity index (χ4v) is 2.60. The first-order valence-electron chi connectivity index (χ1n) is 6.20. The molecule has 2 aromatic carbocycles. The van der Waals surface area contributed by atoms with Gasteiger partial charge in [-0.2, -0.15) is 0 Å². The second-order valence-corrected chi connectivity index (χ2v) is 6.94. The van der Waals surface area contributed by atoms with E-state index in [-0.39, 0.29) is 4.90 Å². The quantitative estimate of drug-likeness (QED) is 0.685. The third-order valence-corrected chi connectivity index (χ3v) is 4.26. The lowest BCUT2D eigenvalue weighted by Crippen LogP contribution is -1.92. The number of benzene rings is 2. The van der Waals surface area contributed by atoms with E-state index in [1.165, 1.54) is 12.1 Å². The molecular weight excluding hydrogens is 326 g/mol. The van der Waals surface area contributed by atoms with E-state index < -0.39 is 9.05 Å². The van der Waals surface area contributed by atoms with E-state index in [4.69, 9.17) is 15.4 Å². The van der Waals surface area contributed by atoms with Crippen LogP contribution in [0.5, 0.6) is 11.5 Å². The predicted molar refractivity (Wildman–Crippen MR) is 80.9 cm³/mol. The Morgan fingerprint density at radius 2 is 1.36 bits per heavy atom. The smallest absolute Gasteiger partial charge is 0.261 e. The number of ether oxygens (including phenoxy) is 1. The monoisotopic (exact) mass is 335 g/mol. The van der Waals surface area contributed by atoms with E-state index >= 15 is 0 Å². The van der Waals surface area contributed by atoms with Crippen LogP contribution in [0.2, 0.25) is 0 Å². The van der Waals surface area contributed by atoms with Crippen LogP contribution in [0.15, 0.2) is 66.1 Å². The molecule has 112 valence electrons. The minimum Gasteiger partial charge on any atom is -0.457 e. The molecule has 6 nitrogen and oxygen atoms in total. The normalized spacial score (nSPS) is 11.3. The van der Waals surface area contributed by atoms with Gasteiger partial charge in [-0.1, -0.05) is 0 Å². The van der Waals surface area contributed by atoms with Gasteiger partial charge in [-0.05, 0) is 48.5 Å². The third-order valence-electron chi connectivity index (χ3n) is 2.89. The summed E-state index contributed by atoms with van der Waals surface area (Å²) in [6, 6.07) is 13.2. The molecule has 0 saturated carbocycles. The largest absolute Gasteiger partial charge is 0.457 e. The molecule has 1 aromatic heterocycles. The summed E-state index contributed by atoms with van der Waals surface area (Å²) < 4.78 is 29.7. The molecule has 1 heterocycles. The number of rotatable bonds is 4. The van der Waals surface area contributed by atoms with Crippen LogP contribution in [0.3, 0.4) is 0 Å². The Morgan fingerprint density at radius 1 is 0.864 bits per heavy atom. The highest BCUT2D eigenvalue weighted by Crippen LogP contribution is 2.24. The molecule has 0 aliphatic carbocycles. The van der Waals surface area contributed by atoms with Gasteiger partial charge < -0.3 is 4.74 Å². The van der Waals surface area contributed by atoms with E-state index in [0.717, 1.165) is 5.69 Å². The summed E-state index contributed by atoms with van der Waals surface area (Å²) in [7, 11) is 1.54. The van der Waals surface area contributed by atoms with Crippen molar-refractivity contribution >= 4 is 19.7 Å². The Balaban J connectivity index is 1.76. The number of nitrogens with zero attached hydrogens (tertiary/aromatic N) is 3. The average molecular weight is 336 g/mol. The number of aromatic nitrogens is 3. The van der Waals surface area contributed by atoms with Gasteiger partial charge in [0.1, 0.15) is 24.2 Å². The van der Waals surface area contributed by atoms with Gasteiger partial charge in [0.15, 0.2) is 0 Å². The average Bonchev–Trinajstić information content (AvgIpc) is 3.02. The first-order chi connectivity index (χ1) is 10.5. The molecule has 22 heavy (non-hydrogen) atoms. The molecule has 0 N–H and O–H groups in total. The highest BCUT2D eigenvalue weighted by molar-refractivity contribution is 8.13. The highest BCUT2D eigenvalue weighted by atomic mass is 35.7. The topological polar surface area (TPSA) is 74.1 Å². The van der Waals surface area contributed by atoms with E-state index in [0.29, 0.717) is 11.5 Å². The fraction of sp³-hybridized carbons (Fsp3) is 0. The Morgan fingerprint density at radius 3 is 1.86 bits per heavy atom. The summed E-state index contributed by atoms with van der Waals surface area (Å²) >= 11 is 0. The van der Waals surface area contributed by atoms with Crippen molar-refractivity contribution in [2.75, 3.05) is 0 Å². The Labute approximate surface area is 131 Å². The summed E-state index contributed by atoms with van der Waals surface area (Å²) in [4.78, 5) is 0.0319. The maximum Gasteiger partial charge on any atom is 0.261 e. The second-order valence-electron chi connectivity index (χ2n) is 4.37. The third kappa shape index (κ3) is 3.26. The van der Waals surface area contributed by atoms with Gasteiger partial charge in [-0.3, -0.25) is 4.57 Å². The van der Waals surface area contributed by atoms with Crippen LogP contribution >= 0.6 is 10.7 Å². The summed E-state index contributed by atoms with van der Waals surface area (Å²) in [6.45, 7) is 0. The van der Waals surface area contributed by atoms with Crippen molar-refractivity contribution < 1.29 is 13.2 Å². The maximum atomic E-state index is 11.2. The van der Waals surface area contributed by atoms with Crippen LogP contribution in [0, 0.1) is 0 Å².